The minimum Gasteiger partial charge on any atom is -0.383 e. The van der Waals surface area contributed by atoms with Crippen LogP contribution in [0.4, 0.5) is 10.2 Å². The Morgan fingerprint density at radius 1 is 1.21 bits per heavy atom. The van der Waals surface area contributed by atoms with Gasteiger partial charge in [-0.05, 0) is 49.2 Å². The summed E-state index contributed by atoms with van der Waals surface area (Å²) in [5, 5.41) is 5.33. The highest BCUT2D eigenvalue weighted by Gasteiger charge is 2.24. The standard InChI is InChI=1S/C25H24FN7O/c1-14-29-21-6-5-17(9-22(21)30-14)33-25(27)19(11-28-33)24(34)23-10-18-15(3-2-4-20(18)31-23)12-32-8-7-16(26)13-32/h2-6,9-11,16,31H,7-8,12-13,27H2,1H3,(H,29,30). The number of alkyl halides is 1. The fourth-order valence-electron chi connectivity index (χ4n) is 4.79. The number of H-pyrrole nitrogens is 2. The Bertz CT molecular complexity index is 1550. The maximum Gasteiger partial charge on any atom is 0.214 e. The molecule has 4 heterocycles. The van der Waals surface area contributed by atoms with Crippen LogP contribution >= 0.6 is 0 Å². The molecule has 5 aromatic rings. The maximum atomic E-state index is 13.6. The van der Waals surface area contributed by atoms with E-state index in [2.05, 4.69) is 25.0 Å². The summed E-state index contributed by atoms with van der Waals surface area (Å²) in [4.78, 5) is 26.3. The van der Waals surface area contributed by atoms with Gasteiger partial charge in [0.1, 0.15) is 17.8 Å². The van der Waals surface area contributed by atoms with Gasteiger partial charge in [0.15, 0.2) is 0 Å². The highest BCUT2D eigenvalue weighted by Crippen LogP contribution is 2.27. The number of nitrogens with zero attached hydrogens (tertiary/aromatic N) is 4. The van der Waals surface area contributed by atoms with E-state index in [0.29, 0.717) is 30.8 Å². The van der Waals surface area contributed by atoms with Gasteiger partial charge in [0.25, 0.3) is 0 Å². The number of ketones is 1. The molecular weight excluding hydrogens is 433 g/mol. The molecule has 1 aliphatic heterocycles. The number of halogens is 1. The third-order valence-corrected chi connectivity index (χ3v) is 6.49. The number of benzene rings is 2. The SMILES string of the molecule is Cc1nc2ccc(-n3ncc(C(=O)c4cc5c(CN6CCC(F)C6)cccc5[nH]4)c3N)cc2[nH]1. The Kier molecular flexibility index (Phi) is 4.73. The van der Waals surface area contributed by atoms with Crippen molar-refractivity contribution in [3.8, 4) is 5.69 Å². The fourth-order valence-corrected chi connectivity index (χ4v) is 4.79. The van der Waals surface area contributed by atoms with E-state index in [1.165, 1.54) is 6.20 Å². The second-order valence-corrected chi connectivity index (χ2v) is 8.89. The number of hydrogen-bond donors (Lipinski definition) is 3. The molecule has 34 heavy (non-hydrogen) atoms. The van der Waals surface area contributed by atoms with Crippen molar-refractivity contribution in [2.24, 2.45) is 0 Å². The molecule has 6 rings (SSSR count). The molecule has 1 saturated heterocycles. The Labute approximate surface area is 194 Å². The molecule has 8 nitrogen and oxygen atoms in total. The minimum absolute atomic E-state index is 0.227. The molecule has 172 valence electrons. The van der Waals surface area contributed by atoms with Crippen molar-refractivity contribution < 1.29 is 9.18 Å². The average molecular weight is 458 g/mol. The lowest BCUT2D eigenvalue weighted by atomic mass is 10.1. The summed E-state index contributed by atoms with van der Waals surface area (Å²) in [6.45, 7) is 3.74. The normalized spacial score (nSPS) is 16.7. The lowest BCUT2D eigenvalue weighted by Gasteiger charge is -2.15. The van der Waals surface area contributed by atoms with Crippen molar-refractivity contribution in [1.29, 1.82) is 0 Å². The van der Waals surface area contributed by atoms with Crippen LogP contribution in [0.2, 0.25) is 0 Å². The number of fused-ring (bicyclic) bond motifs is 2. The van der Waals surface area contributed by atoms with Gasteiger partial charge in [-0.3, -0.25) is 9.69 Å². The zero-order chi connectivity index (χ0) is 23.4. The van der Waals surface area contributed by atoms with Crippen molar-refractivity contribution >= 4 is 33.5 Å². The molecule has 0 bridgehead atoms. The molecule has 0 amide bonds. The van der Waals surface area contributed by atoms with E-state index in [-0.39, 0.29) is 11.6 Å². The summed E-state index contributed by atoms with van der Waals surface area (Å²) in [5.41, 5.74) is 11.5. The number of nitrogen functional groups attached to an aromatic ring is 1. The van der Waals surface area contributed by atoms with Crippen molar-refractivity contribution in [1.82, 2.24) is 29.6 Å². The molecule has 0 aliphatic carbocycles. The number of aromatic nitrogens is 5. The van der Waals surface area contributed by atoms with Crippen LogP contribution in [0.1, 0.15) is 33.9 Å². The van der Waals surface area contributed by atoms with Gasteiger partial charge >= 0.3 is 0 Å². The summed E-state index contributed by atoms with van der Waals surface area (Å²) >= 11 is 0. The van der Waals surface area contributed by atoms with Crippen LogP contribution in [0.15, 0.2) is 48.7 Å². The fraction of sp³-hybridized carbons (Fsp3) is 0.240. The second-order valence-electron chi connectivity index (χ2n) is 8.89. The van der Waals surface area contributed by atoms with Gasteiger partial charge in [0, 0.05) is 30.5 Å². The van der Waals surface area contributed by atoms with Gasteiger partial charge in [0.05, 0.1) is 34.2 Å². The molecule has 0 spiro atoms. The summed E-state index contributed by atoms with van der Waals surface area (Å²) < 4.78 is 15.2. The lowest BCUT2D eigenvalue weighted by molar-refractivity contribution is 0.103. The number of hydrogen-bond acceptors (Lipinski definition) is 5. The van der Waals surface area contributed by atoms with Gasteiger partial charge in [-0.15, -0.1) is 0 Å². The summed E-state index contributed by atoms with van der Waals surface area (Å²) in [6, 6.07) is 13.4. The number of anilines is 1. The van der Waals surface area contributed by atoms with E-state index < -0.39 is 6.17 Å². The first-order chi connectivity index (χ1) is 16.5. The molecule has 1 aliphatic rings. The molecule has 4 N–H and O–H groups in total. The third kappa shape index (κ3) is 3.45. The number of nitrogens with two attached hydrogens (primary N) is 1. The Balaban J connectivity index is 1.32. The summed E-state index contributed by atoms with van der Waals surface area (Å²) in [5.74, 6) is 0.865. The summed E-state index contributed by atoms with van der Waals surface area (Å²) in [6.07, 6.45) is 1.31. The van der Waals surface area contributed by atoms with Gasteiger partial charge in [-0.25, -0.2) is 14.1 Å². The second kappa shape index (κ2) is 7.81. The Morgan fingerprint density at radius 2 is 2.09 bits per heavy atom. The van der Waals surface area contributed by atoms with Gasteiger partial charge in [0.2, 0.25) is 5.78 Å². The van der Waals surface area contributed by atoms with Gasteiger partial charge in [-0.1, -0.05) is 12.1 Å². The topological polar surface area (TPSA) is 109 Å². The largest absolute Gasteiger partial charge is 0.383 e. The number of rotatable bonds is 5. The molecule has 1 unspecified atom stereocenters. The lowest BCUT2D eigenvalue weighted by Crippen LogP contribution is -2.20. The first-order valence-electron chi connectivity index (χ1n) is 11.3. The number of imidazole rings is 1. The number of aromatic amines is 2. The van der Waals surface area contributed by atoms with Gasteiger partial charge in [-0.2, -0.15) is 5.10 Å². The van der Waals surface area contributed by atoms with Crippen LogP contribution < -0.4 is 5.73 Å². The zero-order valence-electron chi connectivity index (χ0n) is 18.7. The van der Waals surface area contributed by atoms with E-state index in [4.69, 9.17) is 5.73 Å². The highest BCUT2D eigenvalue weighted by molar-refractivity contribution is 6.12. The average Bonchev–Trinajstić information content (AvgIpc) is 3.58. The number of likely N-dealkylation sites (tertiary alicyclic amines) is 1. The molecule has 0 radical (unpaired) electrons. The molecule has 3 aromatic heterocycles. The Hall–Kier alpha value is -3.98. The predicted octanol–water partition coefficient (Wildman–Crippen LogP) is 3.90. The van der Waals surface area contributed by atoms with E-state index in [9.17, 15) is 9.18 Å². The van der Waals surface area contributed by atoms with Crippen molar-refractivity contribution in [3.63, 3.8) is 0 Å². The minimum atomic E-state index is -0.764. The van der Waals surface area contributed by atoms with Gasteiger partial charge < -0.3 is 15.7 Å². The smallest absolute Gasteiger partial charge is 0.214 e. The van der Waals surface area contributed by atoms with Crippen molar-refractivity contribution in [2.45, 2.75) is 26.1 Å². The highest BCUT2D eigenvalue weighted by atomic mass is 19.1. The molecule has 1 fully saturated rings. The quantitative estimate of drug-likeness (QED) is 0.347. The number of aryl methyl sites for hydroxylation is 1. The number of nitrogens with one attached hydrogen (secondary N) is 2. The molecule has 0 saturated carbocycles. The zero-order valence-corrected chi connectivity index (χ0v) is 18.7. The maximum absolute atomic E-state index is 13.6. The number of carbonyl (C=O) groups is 1. The van der Waals surface area contributed by atoms with E-state index in [1.54, 1.807) is 4.68 Å². The van der Waals surface area contributed by atoms with Crippen LogP contribution in [-0.4, -0.2) is 54.7 Å². The molecular formula is C25H24FN7O. The van der Waals surface area contributed by atoms with Crippen LogP contribution in [-0.2, 0) is 6.54 Å². The third-order valence-electron chi connectivity index (χ3n) is 6.49. The Morgan fingerprint density at radius 3 is 2.91 bits per heavy atom. The van der Waals surface area contributed by atoms with Crippen LogP contribution in [0.25, 0.3) is 27.6 Å². The van der Waals surface area contributed by atoms with E-state index in [1.807, 2.05) is 49.4 Å². The first-order valence-corrected chi connectivity index (χ1v) is 11.3. The van der Waals surface area contributed by atoms with Crippen LogP contribution in [0, 0.1) is 6.92 Å². The predicted molar refractivity (Wildman–Crippen MR) is 129 cm³/mol. The van der Waals surface area contributed by atoms with Crippen molar-refractivity contribution in [3.05, 3.63) is 71.3 Å². The molecule has 2 aromatic carbocycles. The molecule has 1 atom stereocenters. The van der Waals surface area contributed by atoms with Crippen LogP contribution in [0.3, 0.4) is 0 Å². The first kappa shape index (κ1) is 20.6. The molecule has 9 heteroatoms. The van der Waals surface area contributed by atoms with Crippen LogP contribution in [0.5, 0.6) is 0 Å². The monoisotopic (exact) mass is 457 g/mol. The summed E-state index contributed by atoms with van der Waals surface area (Å²) in [7, 11) is 0. The van der Waals surface area contributed by atoms with E-state index >= 15 is 0 Å². The van der Waals surface area contributed by atoms with Crippen molar-refractivity contribution in [2.75, 3.05) is 18.8 Å². The van der Waals surface area contributed by atoms with E-state index in [0.717, 1.165) is 45.6 Å². The number of carbonyl (C=O) groups excluding carboxylic acids is 1.